The third kappa shape index (κ3) is 4.17. The number of benzene rings is 1. The Hall–Kier alpha value is -2.32. The Kier molecular flexibility index (Phi) is 5.57. The van der Waals surface area contributed by atoms with Crippen LogP contribution in [0.25, 0.3) is 0 Å². The molecule has 0 saturated heterocycles. The van der Waals surface area contributed by atoms with Crippen molar-refractivity contribution in [3.8, 4) is 0 Å². The molecule has 2 heterocycles. The van der Waals surface area contributed by atoms with Crippen LogP contribution in [0.3, 0.4) is 0 Å². The molecule has 1 N–H and O–H groups in total. The molecule has 9 heteroatoms. The highest BCUT2D eigenvalue weighted by atomic mass is 35.5. The van der Waals surface area contributed by atoms with E-state index in [0.29, 0.717) is 9.47 Å². The lowest BCUT2D eigenvalue weighted by Gasteiger charge is -2.10. The van der Waals surface area contributed by atoms with Gasteiger partial charge >= 0.3 is 0 Å². The van der Waals surface area contributed by atoms with E-state index in [-0.39, 0.29) is 23.7 Å². The second kappa shape index (κ2) is 7.74. The molecule has 0 unspecified atom stereocenters. The van der Waals surface area contributed by atoms with E-state index < -0.39 is 23.4 Å². The Morgan fingerprint density at radius 2 is 2.04 bits per heavy atom. The first kappa shape index (κ1) is 19.4. The van der Waals surface area contributed by atoms with Crippen LogP contribution in [0.4, 0.5) is 18.3 Å². The van der Waals surface area contributed by atoms with E-state index in [9.17, 15) is 18.0 Å². The molecule has 0 aliphatic rings. The van der Waals surface area contributed by atoms with E-state index in [0.717, 1.165) is 29.0 Å². The van der Waals surface area contributed by atoms with Gasteiger partial charge in [-0.2, -0.15) is 0 Å². The van der Waals surface area contributed by atoms with Gasteiger partial charge in [-0.3, -0.25) is 10.1 Å². The van der Waals surface area contributed by atoms with Gasteiger partial charge in [0.05, 0.1) is 12.7 Å². The largest absolute Gasteiger partial charge is 0.339 e. The van der Waals surface area contributed by atoms with Gasteiger partial charge in [0.15, 0.2) is 22.6 Å². The van der Waals surface area contributed by atoms with Crippen molar-refractivity contribution in [1.29, 1.82) is 0 Å². The van der Waals surface area contributed by atoms with Crippen molar-refractivity contribution in [2.45, 2.75) is 26.3 Å². The number of rotatable bonds is 5. The molecule has 0 aliphatic heterocycles. The zero-order chi connectivity index (χ0) is 19.7. The molecular weight excluding hydrogens is 399 g/mol. The molecule has 1 aromatic carbocycles. The van der Waals surface area contributed by atoms with Gasteiger partial charge in [-0.1, -0.05) is 42.9 Å². The molecule has 0 bridgehead atoms. The molecule has 27 heavy (non-hydrogen) atoms. The summed E-state index contributed by atoms with van der Waals surface area (Å²) in [5.74, 6) is -4.41. The van der Waals surface area contributed by atoms with Crippen LogP contribution in [-0.4, -0.2) is 15.5 Å². The van der Waals surface area contributed by atoms with E-state index in [1.165, 1.54) is 10.8 Å². The number of thiazole rings is 1. The molecule has 0 aliphatic carbocycles. The SMILES string of the molecule is CC(C)c1cc(C(=O)Nc2ncc(Cl)s2)n(Cc2ccc(F)c(F)c2F)c1. The van der Waals surface area contributed by atoms with Crippen molar-refractivity contribution < 1.29 is 18.0 Å². The molecule has 1 amide bonds. The van der Waals surface area contributed by atoms with Crippen molar-refractivity contribution >= 4 is 34.0 Å². The first-order valence-electron chi connectivity index (χ1n) is 8.01. The van der Waals surface area contributed by atoms with E-state index in [2.05, 4.69) is 10.3 Å². The maximum absolute atomic E-state index is 14.0. The molecule has 3 rings (SSSR count). The molecule has 0 radical (unpaired) electrons. The highest BCUT2D eigenvalue weighted by molar-refractivity contribution is 7.19. The van der Waals surface area contributed by atoms with Crippen molar-refractivity contribution in [2.75, 3.05) is 5.32 Å². The van der Waals surface area contributed by atoms with Gasteiger partial charge in [-0.15, -0.1) is 0 Å². The molecule has 2 aromatic heterocycles. The molecule has 0 fully saturated rings. The third-order valence-corrected chi connectivity index (χ3v) is 5.00. The Bertz CT molecular complexity index is 1000. The van der Waals surface area contributed by atoms with Crippen LogP contribution in [0.15, 0.2) is 30.6 Å². The van der Waals surface area contributed by atoms with Gasteiger partial charge in [0.2, 0.25) is 0 Å². The summed E-state index contributed by atoms with van der Waals surface area (Å²) in [5.41, 5.74) is 1.03. The van der Waals surface area contributed by atoms with Crippen LogP contribution in [-0.2, 0) is 6.54 Å². The van der Waals surface area contributed by atoms with Gasteiger partial charge in [0.25, 0.3) is 5.91 Å². The minimum absolute atomic E-state index is 0.0638. The Morgan fingerprint density at radius 3 is 2.67 bits per heavy atom. The minimum atomic E-state index is -1.54. The number of hydrogen-bond donors (Lipinski definition) is 1. The summed E-state index contributed by atoms with van der Waals surface area (Å²) in [5, 5.41) is 2.95. The van der Waals surface area contributed by atoms with Crippen LogP contribution >= 0.6 is 22.9 Å². The minimum Gasteiger partial charge on any atom is -0.339 e. The van der Waals surface area contributed by atoms with Crippen molar-refractivity contribution in [2.24, 2.45) is 0 Å². The summed E-state index contributed by atoms with van der Waals surface area (Å²) in [4.78, 5) is 16.6. The van der Waals surface area contributed by atoms with Gasteiger partial charge < -0.3 is 4.57 Å². The van der Waals surface area contributed by atoms with Crippen molar-refractivity contribution in [1.82, 2.24) is 9.55 Å². The summed E-state index contributed by atoms with van der Waals surface area (Å²) < 4.78 is 42.6. The summed E-state index contributed by atoms with van der Waals surface area (Å²) in [6, 6.07) is 3.69. The lowest BCUT2D eigenvalue weighted by atomic mass is 10.1. The van der Waals surface area contributed by atoms with Crippen LogP contribution in [0.5, 0.6) is 0 Å². The fourth-order valence-electron chi connectivity index (χ4n) is 2.51. The van der Waals surface area contributed by atoms with Crippen molar-refractivity contribution in [3.63, 3.8) is 0 Å². The maximum atomic E-state index is 14.0. The van der Waals surface area contributed by atoms with Crippen molar-refractivity contribution in [3.05, 3.63) is 69.2 Å². The number of carbonyl (C=O) groups excluding carboxylic acids is 1. The Labute approximate surface area is 162 Å². The summed E-state index contributed by atoms with van der Waals surface area (Å²) >= 11 is 6.91. The quantitative estimate of drug-likeness (QED) is 0.566. The Morgan fingerprint density at radius 1 is 1.30 bits per heavy atom. The first-order valence-corrected chi connectivity index (χ1v) is 9.20. The standard InChI is InChI=1S/C18H15ClF3N3OS/c1-9(2)11-5-13(17(26)24-18-23-6-14(19)27-18)25(8-11)7-10-3-4-12(20)16(22)15(10)21/h3-6,8-9H,7H2,1-2H3,(H,23,24,26). The van der Waals surface area contributed by atoms with Crippen LogP contribution < -0.4 is 5.32 Å². The second-order valence-corrected chi connectivity index (χ2v) is 7.86. The average Bonchev–Trinajstić information content (AvgIpc) is 3.22. The van der Waals surface area contributed by atoms with E-state index >= 15 is 0 Å². The second-order valence-electron chi connectivity index (χ2n) is 6.20. The molecular formula is C18H15ClF3N3OS. The van der Waals surface area contributed by atoms with Crippen LogP contribution in [0, 0.1) is 17.5 Å². The predicted molar refractivity (Wildman–Crippen MR) is 99.0 cm³/mol. The predicted octanol–water partition coefficient (Wildman–Crippen LogP) is 5.44. The smallest absolute Gasteiger partial charge is 0.274 e. The summed E-state index contributed by atoms with van der Waals surface area (Å²) in [7, 11) is 0. The number of aromatic nitrogens is 2. The normalized spacial score (nSPS) is 11.2. The highest BCUT2D eigenvalue weighted by Gasteiger charge is 2.19. The number of halogens is 4. The van der Waals surface area contributed by atoms with Crippen LogP contribution in [0.2, 0.25) is 4.34 Å². The molecule has 3 aromatic rings. The van der Waals surface area contributed by atoms with Gasteiger partial charge in [0.1, 0.15) is 10.0 Å². The number of nitrogens with one attached hydrogen (secondary N) is 1. The zero-order valence-electron chi connectivity index (χ0n) is 14.4. The van der Waals surface area contributed by atoms with Gasteiger partial charge in [-0.25, -0.2) is 18.2 Å². The number of hydrogen-bond acceptors (Lipinski definition) is 3. The fourth-order valence-corrected chi connectivity index (χ4v) is 3.32. The Balaban J connectivity index is 1.94. The van der Waals surface area contributed by atoms with Gasteiger partial charge in [-0.05, 0) is 23.6 Å². The van der Waals surface area contributed by atoms with E-state index in [4.69, 9.17) is 11.6 Å². The maximum Gasteiger partial charge on any atom is 0.274 e. The number of carbonyl (C=O) groups is 1. The highest BCUT2D eigenvalue weighted by Crippen LogP contribution is 2.25. The zero-order valence-corrected chi connectivity index (χ0v) is 16.0. The van der Waals surface area contributed by atoms with Crippen LogP contribution in [0.1, 0.15) is 41.4 Å². The molecule has 4 nitrogen and oxygen atoms in total. The monoisotopic (exact) mass is 413 g/mol. The number of anilines is 1. The van der Waals surface area contributed by atoms with Gasteiger partial charge in [0, 0.05) is 11.8 Å². The number of nitrogens with zero attached hydrogens (tertiary/aromatic N) is 2. The van der Waals surface area contributed by atoms with E-state index in [1.807, 2.05) is 13.8 Å². The molecule has 0 saturated carbocycles. The topological polar surface area (TPSA) is 46.9 Å². The lowest BCUT2D eigenvalue weighted by molar-refractivity contribution is 0.101. The molecule has 0 spiro atoms. The summed E-state index contributed by atoms with van der Waals surface area (Å²) in [6.07, 6.45) is 3.10. The first-order chi connectivity index (χ1) is 12.8. The number of amides is 1. The third-order valence-electron chi connectivity index (χ3n) is 3.97. The average molecular weight is 414 g/mol. The summed E-state index contributed by atoms with van der Waals surface area (Å²) in [6.45, 7) is 3.76. The van der Waals surface area contributed by atoms with E-state index in [1.54, 1.807) is 12.3 Å². The molecule has 142 valence electrons. The fraction of sp³-hybridized carbons (Fsp3) is 0.222. The lowest BCUT2D eigenvalue weighted by Crippen LogP contribution is -2.17. The molecule has 0 atom stereocenters.